The second-order valence-electron chi connectivity index (χ2n) is 11.8. The van der Waals surface area contributed by atoms with E-state index in [2.05, 4.69) is 31.4 Å². The molecule has 0 saturated carbocycles. The molecule has 240 valence electrons. The van der Waals surface area contributed by atoms with Gasteiger partial charge in [-0.05, 0) is 50.3 Å². The summed E-state index contributed by atoms with van der Waals surface area (Å²) in [5, 5.41) is 20.1. The van der Waals surface area contributed by atoms with E-state index in [0.717, 1.165) is 10.4 Å². The third-order valence-electron chi connectivity index (χ3n) is 6.73. The summed E-state index contributed by atoms with van der Waals surface area (Å²) in [6.45, 7) is 8.78. The molecular formula is C29H42N8O7. The fourth-order valence-corrected chi connectivity index (χ4v) is 4.59. The molecule has 44 heavy (non-hydrogen) atoms. The molecule has 2 aromatic rings. The summed E-state index contributed by atoms with van der Waals surface area (Å²) in [4.78, 5) is 66.5. The number of ketones is 1. The van der Waals surface area contributed by atoms with Gasteiger partial charge in [0.05, 0.1) is 6.42 Å². The number of aromatic nitrogens is 4. The molecule has 3 N–H and O–H groups in total. The minimum absolute atomic E-state index is 0.0282. The number of anilines is 1. The summed E-state index contributed by atoms with van der Waals surface area (Å²) < 4.78 is 10.6. The fourth-order valence-electron chi connectivity index (χ4n) is 4.59. The Balaban J connectivity index is 1.68. The van der Waals surface area contributed by atoms with Gasteiger partial charge in [-0.25, -0.2) is 4.79 Å². The highest BCUT2D eigenvalue weighted by Crippen LogP contribution is 2.22. The molecule has 0 spiro atoms. The number of likely N-dealkylation sites (N-methyl/N-ethyl adjacent to an activating group) is 1. The van der Waals surface area contributed by atoms with Crippen molar-refractivity contribution in [1.82, 2.24) is 36.2 Å². The van der Waals surface area contributed by atoms with E-state index in [9.17, 15) is 24.0 Å². The number of Topliss-reactive ketones (excluding diaryl/α,β-unsaturated/α-hetero) is 1. The number of ether oxygens (including phenoxy) is 2. The van der Waals surface area contributed by atoms with Crippen LogP contribution in [0.4, 0.5) is 10.7 Å². The van der Waals surface area contributed by atoms with Crippen molar-refractivity contribution in [2.24, 2.45) is 5.92 Å². The standard InChI is InChI=1S/C29H42N8O7/c1-18(2)24(26(41)30-6)32-25(40)21-13-10-14-36(21)27-33-35-37(34-27)16-22(38)20(15-23(39)44-29(3,4)5)31-28(42)43-17-19-11-8-7-9-12-19/h7-9,11-12,18,20-21,24H,10,13-17H2,1-6H3,(H,30,41)(H,31,42)(H,32,40)/t20?,21-,24?/m1/s1. The van der Waals surface area contributed by atoms with Crippen LogP contribution < -0.4 is 20.9 Å². The van der Waals surface area contributed by atoms with Crippen molar-refractivity contribution < 1.29 is 33.4 Å². The summed E-state index contributed by atoms with van der Waals surface area (Å²) in [5.74, 6) is -1.90. The first-order valence-corrected chi connectivity index (χ1v) is 14.6. The molecule has 0 bridgehead atoms. The number of nitrogens with one attached hydrogen (secondary N) is 3. The monoisotopic (exact) mass is 614 g/mol. The second-order valence-corrected chi connectivity index (χ2v) is 11.8. The Labute approximate surface area is 256 Å². The SMILES string of the molecule is CNC(=O)C(NC(=O)[C@H]1CCCN1c1nnn(CC(=O)C(CC(=O)OC(C)(C)C)NC(=O)OCc2ccccc2)n1)C(C)C. The van der Waals surface area contributed by atoms with E-state index in [1.807, 2.05) is 19.9 Å². The highest BCUT2D eigenvalue weighted by Gasteiger charge is 2.36. The van der Waals surface area contributed by atoms with E-state index in [1.54, 1.807) is 49.9 Å². The number of nitrogens with zero attached hydrogens (tertiary/aromatic N) is 5. The number of esters is 1. The number of rotatable bonds is 13. The van der Waals surface area contributed by atoms with E-state index in [1.165, 1.54) is 7.05 Å². The number of benzene rings is 1. The smallest absolute Gasteiger partial charge is 0.408 e. The molecule has 1 aliphatic heterocycles. The van der Waals surface area contributed by atoms with E-state index < -0.39 is 54.5 Å². The first-order valence-electron chi connectivity index (χ1n) is 14.6. The van der Waals surface area contributed by atoms with Crippen LogP contribution in [0.15, 0.2) is 30.3 Å². The first-order chi connectivity index (χ1) is 20.8. The average molecular weight is 615 g/mol. The van der Waals surface area contributed by atoms with Crippen LogP contribution in [0.25, 0.3) is 0 Å². The Bertz CT molecular complexity index is 1310. The number of hydrogen-bond donors (Lipinski definition) is 3. The number of alkyl carbamates (subject to hydrolysis) is 1. The molecule has 0 radical (unpaired) electrons. The highest BCUT2D eigenvalue weighted by atomic mass is 16.6. The summed E-state index contributed by atoms with van der Waals surface area (Å²) in [5.41, 5.74) is -0.0474. The van der Waals surface area contributed by atoms with E-state index in [-0.39, 0.29) is 30.3 Å². The van der Waals surface area contributed by atoms with E-state index >= 15 is 0 Å². The van der Waals surface area contributed by atoms with Crippen molar-refractivity contribution in [1.29, 1.82) is 0 Å². The van der Waals surface area contributed by atoms with Crippen LogP contribution in [0.1, 0.15) is 59.4 Å². The lowest BCUT2D eigenvalue weighted by Gasteiger charge is -2.26. The fraction of sp³-hybridized carbons (Fsp3) is 0.586. The third-order valence-corrected chi connectivity index (χ3v) is 6.73. The molecule has 1 fully saturated rings. The van der Waals surface area contributed by atoms with Crippen molar-refractivity contribution in [3.8, 4) is 0 Å². The van der Waals surface area contributed by atoms with Crippen molar-refractivity contribution in [3.63, 3.8) is 0 Å². The van der Waals surface area contributed by atoms with Gasteiger partial charge in [-0.1, -0.05) is 49.3 Å². The van der Waals surface area contributed by atoms with Crippen LogP contribution >= 0.6 is 0 Å². The molecule has 15 heteroatoms. The van der Waals surface area contributed by atoms with Crippen LogP contribution in [0.2, 0.25) is 0 Å². The van der Waals surface area contributed by atoms with Crippen molar-refractivity contribution in [3.05, 3.63) is 35.9 Å². The van der Waals surface area contributed by atoms with Crippen LogP contribution in [0.3, 0.4) is 0 Å². The lowest BCUT2D eigenvalue weighted by Crippen LogP contribution is -2.54. The van der Waals surface area contributed by atoms with Crippen molar-refractivity contribution >= 4 is 35.6 Å². The number of amides is 3. The molecule has 0 aliphatic carbocycles. The molecule has 1 aliphatic rings. The quantitative estimate of drug-likeness (QED) is 0.275. The molecular weight excluding hydrogens is 572 g/mol. The average Bonchev–Trinajstić information content (AvgIpc) is 3.63. The molecule has 1 saturated heterocycles. The zero-order chi connectivity index (χ0) is 32.4. The summed E-state index contributed by atoms with van der Waals surface area (Å²) in [6.07, 6.45) is -0.116. The first kappa shape index (κ1) is 33.9. The number of carbonyl (C=O) groups excluding carboxylic acids is 5. The van der Waals surface area contributed by atoms with Crippen molar-refractivity contribution in [2.75, 3.05) is 18.5 Å². The van der Waals surface area contributed by atoms with Crippen LogP contribution in [-0.2, 0) is 41.8 Å². The lowest BCUT2D eigenvalue weighted by molar-refractivity contribution is -0.156. The summed E-state index contributed by atoms with van der Waals surface area (Å²) in [7, 11) is 1.51. The number of tetrazole rings is 1. The van der Waals surface area contributed by atoms with Gasteiger partial charge in [-0.15, -0.1) is 5.10 Å². The predicted molar refractivity (Wildman–Crippen MR) is 158 cm³/mol. The summed E-state index contributed by atoms with van der Waals surface area (Å²) in [6, 6.07) is 6.37. The van der Waals surface area contributed by atoms with Gasteiger partial charge in [-0.2, -0.15) is 4.80 Å². The molecule has 3 rings (SSSR count). The largest absolute Gasteiger partial charge is 0.460 e. The van der Waals surface area contributed by atoms with Gasteiger partial charge in [0.25, 0.3) is 5.95 Å². The number of carbonyl (C=O) groups is 5. The molecule has 3 atom stereocenters. The molecule has 1 aromatic carbocycles. The molecule has 1 aromatic heterocycles. The highest BCUT2D eigenvalue weighted by molar-refractivity contribution is 5.92. The van der Waals surface area contributed by atoms with Gasteiger partial charge < -0.3 is 30.3 Å². The minimum atomic E-state index is -1.29. The summed E-state index contributed by atoms with van der Waals surface area (Å²) >= 11 is 0. The van der Waals surface area contributed by atoms with E-state index in [0.29, 0.717) is 19.4 Å². The minimum Gasteiger partial charge on any atom is -0.460 e. The van der Waals surface area contributed by atoms with Gasteiger partial charge in [0.2, 0.25) is 11.8 Å². The van der Waals surface area contributed by atoms with Crippen LogP contribution in [0.5, 0.6) is 0 Å². The van der Waals surface area contributed by atoms with Gasteiger partial charge in [0.15, 0.2) is 5.78 Å². The zero-order valence-corrected chi connectivity index (χ0v) is 26.0. The van der Waals surface area contributed by atoms with Gasteiger partial charge >= 0.3 is 12.1 Å². The Hall–Kier alpha value is -4.56. The third kappa shape index (κ3) is 10.0. The van der Waals surface area contributed by atoms with Crippen LogP contribution in [0, 0.1) is 5.92 Å². The van der Waals surface area contributed by atoms with Gasteiger partial charge in [-0.3, -0.25) is 19.2 Å². The topological polar surface area (TPSA) is 187 Å². The van der Waals surface area contributed by atoms with Crippen LogP contribution in [-0.4, -0.2) is 87.2 Å². The zero-order valence-electron chi connectivity index (χ0n) is 26.0. The Morgan fingerprint density at radius 1 is 1.07 bits per heavy atom. The molecule has 15 nitrogen and oxygen atoms in total. The van der Waals surface area contributed by atoms with E-state index in [4.69, 9.17) is 9.47 Å². The molecule has 2 unspecified atom stereocenters. The second kappa shape index (κ2) is 15.3. The maximum Gasteiger partial charge on any atom is 0.408 e. The normalized spacial score (nSPS) is 16.2. The Morgan fingerprint density at radius 2 is 1.77 bits per heavy atom. The lowest BCUT2D eigenvalue weighted by atomic mass is 10.0. The Morgan fingerprint density at radius 3 is 2.41 bits per heavy atom. The maximum atomic E-state index is 13.3. The predicted octanol–water partition coefficient (Wildman–Crippen LogP) is 1.12. The number of hydrogen-bond acceptors (Lipinski definition) is 11. The molecule has 3 amide bonds. The molecule has 2 heterocycles. The Kier molecular flexibility index (Phi) is 11.8. The maximum absolute atomic E-state index is 13.3. The van der Waals surface area contributed by atoms with Gasteiger partial charge in [0, 0.05) is 13.6 Å². The van der Waals surface area contributed by atoms with Crippen molar-refractivity contribution in [2.45, 2.75) is 90.8 Å². The van der Waals surface area contributed by atoms with Gasteiger partial charge in [0.1, 0.15) is 36.9 Å².